The minimum absolute atomic E-state index is 0.0154. The maximum atomic E-state index is 13.0. The first-order valence-electron chi connectivity index (χ1n) is 8.60. The molecule has 126 valence electrons. The smallest absolute Gasteiger partial charge is 0.255 e. The molecule has 0 radical (unpaired) electrons. The fraction of sp³-hybridized carbons (Fsp3) is 0.316. The van der Waals surface area contributed by atoms with Crippen molar-refractivity contribution in [2.24, 2.45) is 0 Å². The van der Waals surface area contributed by atoms with Gasteiger partial charge in [0.25, 0.3) is 11.8 Å². The topological polar surface area (TPSA) is 74.3 Å². The molecule has 1 spiro atoms. The second-order valence-electron chi connectivity index (χ2n) is 7.00. The van der Waals surface area contributed by atoms with Crippen molar-refractivity contribution in [3.05, 3.63) is 59.9 Å². The standard InChI is InChI=1S/C19H18N4O2/c24-17-14-3-1-2-4-15(14)21-19(22-17)11-13-5-6-16(19)23(13)18(25)12-7-9-20-10-8-12/h1-4,7-10,13,16,21H,5-6,11H2,(H,22,24). The molecule has 2 N–H and O–H groups in total. The van der Waals surface area contributed by atoms with E-state index < -0.39 is 5.66 Å². The third-order valence-electron chi connectivity index (χ3n) is 5.66. The quantitative estimate of drug-likeness (QED) is 0.837. The Hall–Kier alpha value is -2.89. The molecular formula is C19H18N4O2. The number of carbonyl (C=O) groups is 2. The lowest BCUT2D eigenvalue weighted by Crippen LogP contribution is -2.64. The highest BCUT2D eigenvalue weighted by Crippen LogP contribution is 2.47. The fourth-order valence-corrected chi connectivity index (χ4v) is 4.63. The van der Waals surface area contributed by atoms with E-state index in [9.17, 15) is 9.59 Å². The Balaban J connectivity index is 1.50. The molecule has 4 heterocycles. The predicted molar refractivity (Wildman–Crippen MR) is 92.1 cm³/mol. The van der Waals surface area contributed by atoms with E-state index in [1.807, 2.05) is 29.2 Å². The monoisotopic (exact) mass is 334 g/mol. The summed E-state index contributed by atoms with van der Waals surface area (Å²) < 4.78 is 0. The Bertz CT molecular complexity index is 869. The van der Waals surface area contributed by atoms with Crippen LogP contribution in [0.5, 0.6) is 0 Å². The van der Waals surface area contributed by atoms with Crippen LogP contribution in [0.4, 0.5) is 5.69 Å². The molecule has 6 heteroatoms. The van der Waals surface area contributed by atoms with Crippen molar-refractivity contribution in [2.45, 2.75) is 37.0 Å². The summed E-state index contributed by atoms with van der Waals surface area (Å²) in [6, 6.07) is 11.1. The molecule has 5 rings (SSSR count). The second-order valence-corrected chi connectivity index (χ2v) is 7.00. The van der Waals surface area contributed by atoms with Crippen LogP contribution in [0, 0.1) is 0 Å². The van der Waals surface area contributed by atoms with Crippen LogP contribution < -0.4 is 10.6 Å². The number of carbonyl (C=O) groups excluding carboxylic acids is 2. The van der Waals surface area contributed by atoms with Gasteiger partial charge in [-0.25, -0.2) is 0 Å². The van der Waals surface area contributed by atoms with E-state index in [4.69, 9.17) is 0 Å². The van der Waals surface area contributed by atoms with Crippen LogP contribution >= 0.6 is 0 Å². The number of pyridine rings is 1. The SMILES string of the molecule is O=C1NC2(CC3CCC2N3C(=O)c2ccncc2)Nc2ccccc21. The summed E-state index contributed by atoms with van der Waals surface area (Å²) in [6.45, 7) is 0. The van der Waals surface area contributed by atoms with Gasteiger partial charge in [-0.3, -0.25) is 14.6 Å². The summed E-state index contributed by atoms with van der Waals surface area (Å²) in [5.74, 6) is -0.0557. The molecule has 2 fully saturated rings. The van der Waals surface area contributed by atoms with Crippen LogP contribution in [0.3, 0.4) is 0 Å². The molecule has 1 aromatic carbocycles. The highest BCUT2D eigenvalue weighted by Gasteiger charge is 2.59. The van der Waals surface area contributed by atoms with Gasteiger partial charge < -0.3 is 15.5 Å². The molecule has 0 saturated carbocycles. The van der Waals surface area contributed by atoms with Crippen molar-refractivity contribution < 1.29 is 9.59 Å². The van der Waals surface area contributed by atoms with Gasteiger partial charge in [-0.15, -0.1) is 0 Å². The molecule has 1 aromatic heterocycles. The van der Waals surface area contributed by atoms with E-state index in [1.54, 1.807) is 24.5 Å². The number of para-hydroxylation sites is 1. The number of rotatable bonds is 1. The van der Waals surface area contributed by atoms with Crippen molar-refractivity contribution in [3.63, 3.8) is 0 Å². The van der Waals surface area contributed by atoms with E-state index >= 15 is 0 Å². The van der Waals surface area contributed by atoms with E-state index in [0.29, 0.717) is 11.1 Å². The number of amides is 2. The Labute approximate surface area is 145 Å². The molecule has 2 aromatic rings. The first-order valence-corrected chi connectivity index (χ1v) is 8.60. The maximum absolute atomic E-state index is 13.0. The largest absolute Gasteiger partial charge is 0.360 e. The maximum Gasteiger partial charge on any atom is 0.255 e. The summed E-state index contributed by atoms with van der Waals surface area (Å²) in [5, 5.41) is 6.69. The van der Waals surface area contributed by atoms with Gasteiger partial charge in [0.05, 0.1) is 11.6 Å². The van der Waals surface area contributed by atoms with Gasteiger partial charge in [-0.1, -0.05) is 12.1 Å². The van der Waals surface area contributed by atoms with Crippen molar-refractivity contribution in [3.8, 4) is 0 Å². The van der Waals surface area contributed by atoms with Crippen LogP contribution in [-0.4, -0.2) is 39.4 Å². The molecule has 2 bridgehead atoms. The first-order chi connectivity index (χ1) is 12.2. The molecule has 0 aliphatic carbocycles. The fourth-order valence-electron chi connectivity index (χ4n) is 4.63. The lowest BCUT2D eigenvalue weighted by Gasteiger charge is -2.43. The third kappa shape index (κ3) is 2.00. The summed E-state index contributed by atoms with van der Waals surface area (Å²) in [5.41, 5.74) is 1.57. The second kappa shape index (κ2) is 5.05. The lowest BCUT2D eigenvalue weighted by atomic mass is 9.86. The number of fused-ring (bicyclic) bond motifs is 4. The van der Waals surface area contributed by atoms with Crippen LogP contribution in [0.15, 0.2) is 48.8 Å². The van der Waals surface area contributed by atoms with E-state index in [1.165, 1.54) is 0 Å². The molecular weight excluding hydrogens is 316 g/mol. The van der Waals surface area contributed by atoms with Gasteiger partial charge in [0.1, 0.15) is 5.66 Å². The number of aromatic nitrogens is 1. The van der Waals surface area contributed by atoms with Gasteiger partial charge in [-0.2, -0.15) is 0 Å². The number of hydrogen-bond donors (Lipinski definition) is 2. The molecule has 25 heavy (non-hydrogen) atoms. The number of nitrogens with zero attached hydrogens (tertiary/aromatic N) is 2. The van der Waals surface area contributed by atoms with E-state index in [2.05, 4.69) is 15.6 Å². The van der Waals surface area contributed by atoms with Crippen molar-refractivity contribution in [1.82, 2.24) is 15.2 Å². The lowest BCUT2D eigenvalue weighted by molar-refractivity contribution is 0.0691. The Morgan fingerprint density at radius 1 is 1.12 bits per heavy atom. The average Bonchev–Trinajstić information content (AvgIpc) is 3.17. The summed E-state index contributed by atoms with van der Waals surface area (Å²) >= 11 is 0. The molecule has 2 amide bonds. The number of hydrogen-bond acceptors (Lipinski definition) is 4. The van der Waals surface area contributed by atoms with Crippen LogP contribution in [0.25, 0.3) is 0 Å². The Morgan fingerprint density at radius 2 is 1.92 bits per heavy atom. The highest BCUT2D eigenvalue weighted by atomic mass is 16.2. The van der Waals surface area contributed by atoms with Crippen LogP contribution in [-0.2, 0) is 0 Å². The van der Waals surface area contributed by atoms with Gasteiger partial charge in [0, 0.05) is 36.1 Å². The Morgan fingerprint density at radius 3 is 2.76 bits per heavy atom. The molecule has 3 aliphatic heterocycles. The summed E-state index contributed by atoms with van der Waals surface area (Å²) in [6.07, 6.45) is 5.86. The van der Waals surface area contributed by atoms with Crippen LogP contribution in [0.1, 0.15) is 40.0 Å². The van der Waals surface area contributed by atoms with Crippen LogP contribution in [0.2, 0.25) is 0 Å². The van der Waals surface area contributed by atoms with E-state index in [-0.39, 0.29) is 23.9 Å². The number of anilines is 1. The van der Waals surface area contributed by atoms with Gasteiger partial charge >= 0.3 is 0 Å². The van der Waals surface area contributed by atoms with Crippen molar-refractivity contribution in [2.75, 3.05) is 5.32 Å². The molecule has 3 aliphatic rings. The predicted octanol–water partition coefficient (Wildman–Crippen LogP) is 2.01. The normalized spacial score (nSPS) is 29.3. The third-order valence-corrected chi connectivity index (χ3v) is 5.66. The zero-order valence-electron chi connectivity index (χ0n) is 13.6. The number of nitrogens with one attached hydrogen (secondary N) is 2. The van der Waals surface area contributed by atoms with Gasteiger partial charge in [0.2, 0.25) is 0 Å². The minimum Gasteiger partial charge on any atom is -0.360 e. The minimum atomic E-state index is -0.572. The van der Waals surface area contributed by atoms with Gasteiger partial charge in [-0.05, 0) is 37.1 Å². The molecule has 2 saturated heterocycles. The zero-order chi connectivity index (χ0) is 17.0. The Kier molecular flexibility index (Phi) is 2.92. The average molecular weight is 334 g/mol. The zero-order valence-corrected chi connectivity index (χ0v) is 13.6. The van der Waals surface area contributed by atoms with Crippen molar-refractivity contribution >= 4 is 17.5 Å². The number of benzene rings is 1. The molecule has 3 atom stereocenters. The summed E-state index contributed by atoms with van der Waals surface area (Å²) in [4.78, 5) is 31.6. The van der Waals surface area contributed by atoms with Gasteiger partial charge in [0.15, 0.2) is 0 Å². The van der Waals surface area contributed by atoms with E-state index in [0.717, 1.165) is 24.9 Å². The summed E-state index contributed by atoms with van der Waals surface area (Å²) in [7, 11) is 0. The molecule has 6 nitrogen and oxygen atoms in total. The van der Waals surface area contributed by atoms with Crippen molar-refractivity contribution in [1.29, 1.82) is 0 Å². The molecule has 3 unspecified atom stereocenters. The first kappa shape index (κ1) is 14.5. The highest BCUT2D eigenvalue weighted by molar-refractivity contribution is 6.03.